The van der Waals surface area contributed by atoms with E-state index >= 15 is 0 Å². The summed E-state index contributed by atoms with van der Waals surface area (Å²) >= 11 is 0. The molecule has 0 unspecified atom stereocenters. The number of nitrogens with one attached hydrogen (secondary N) is 1. The SMILES string of the molecule is CCNCCN(C=O)c1ccc(C)nc1. The van der Waals surface area contributed by atoms with E-state index in [1.807, 2.05) is 26.0 Å². The minimum absolute atomic E-state index is 0.669. The van der Waals surface area contributed by atoms with Crippen molar-refractivity contribution >= 4 is 12.1 Å². The van der Waals surface area contributed by atoms with Crippen LogP contribution in [0.1, 0.15) is 12.6 Å². The average Bonchev–Trinajstić information content (AvgIpc) is 2.26. The van der Waals surface area contributed by atoms with Gasteiger partial charge in [-0.25, -0.2) is 0 Å². The van der Waals surface area contributed by atoms with E-state index in [1.165, 1.54) is 0 Å². The van der Waals surface area contributed by atoms with Crippen molar-refractivity contribution < 1.29 is 4.79 Å². The first-order chi connectivity index (χ1) is 7.27. The fourth-order valence-electron chi connectivity index (χ4n) is 1.25. The van der Waals surface area contributed by atoms with Crippen molar-refractivity contribution in [1.82, 2.24) is 10.3 Å². The Balaban J connectivity index is 2.57. The van der Waals surface area contributed by atoms with Crippen molar-refractivity contribution in [2.45, 2.75) is 13.8 Å². The first-order valence-electron chi connectivity index (χ1n) is 5.13. The van der Waals surface area contributed by atoms with Gasteiger partial charge in [0.1, 0.15) is 0 Å². The van der Waals surface area contributed by atoms with Crippen LogP contribution in [0.25, 0.3) is 0 Å². The van der Waals surface area contributed by atoms with Crippen molar-refractivity contribution in [2.24, 2.45) is 0 Å². The Labute approximate surface area is 90.3 Å². The largest absolute Gasteiger partial charge is 0.315 e. The maximum atomic E-state index is 10.9. The predicted octanol–water partition coefficient (Wildman–Crippen LogP) is 0.962. The molecule has 1 N–H and O–H groups in total. The Hall–Kier alpha value is -1.42. The number of anilines is 1. The molecule has 0 aliphatic rings. The molecular formula is C11H17N3O. The number of amides is 1. The normalized spacial score (nSPS) is 10.0. The molecule has 4 heteroatoms. The molecule has 0 radical (unpaired) electrons. The van der Waals surface area contributed by atoms with E-state index in [4.69, 9.17) is 0 Å². The molecule has 1 amide bonds. The summed E-state index contributed by atoms with van der Waals surface area (Å²) in [4.78, 5) is 16.7. The lowest BCUT2D eigenvalue weighted by Crippen LogP contribution is -2.31. The zero-order valence-corrected chi connectivity index (χ0v) is 9.23. The summed E-state index contributed by atoms with van der Waals surface area (Å²) in [5, 5.41) is 3.17. The highest BCUT2D eigenvalue weighted by Crippen LogP contribution is 2.10. The molecule has 82 valence electrons. The van der Waals surface area contributed by atoms with Gasteiger partial charge in [-0.1, -0.05) is 6.92 Å². The van der Waals surface area contributed by atoms with Gasteiger partial charge in [0.15, 0.2) is 0 Å². The first-order valence-corrected chi connectivity index (χ1v) is 5.13. The number of carbonyl (C=O) groups is 1. The first kappa shape index (κ1) is 11.7. The van der Waals surface area contributed by atoms with Crippen LogP contribution in [0, 0.1) is 6.92 Å². The summed E-state index contributed by atoms with van der Waals surface area (Å²) in [5.74, 6) is 0. The summed E-state index contributed by atoms with van der Waals surface area (Å²) < 4.78 is 0. The predicted molar refractivity (Wildman–Crippen MR) is 60.9 cm³/mol. The zero-order valence-electron chi connectivity index (χ0n) is 9.23. The molecule has 0 aliphatic heterocycles. The van der Waals surface area contributed by atoms with Gasteiger partial charge >= 0.3 is 0 Å². The van der Waals surface area contributed by atoms with E-state index < -0.39 is 0 Å². The molecule has 0 spiro atoms. The Kier molecular flexibility index (Phi) is 4.77. The second-order valence-electron chi connectivity index (χ2n) is 3.31. The topological polar surface area (TPSA) is 45.2 Å². The van der Waals surface area contributed by atoms with E-state index in [2.05, 4.69) is 10.3 Å². The van der Waals surface area contributed by atoms with Gasteiger partial charge in [-0.15, -0.1) is 0 Å². The third-order valence-electron chi connectivity index (χ3n) is 2.13. The Morgan fingerprint density at radius 3 is 2.87 bits per heavy atom. The molecular weight excluding hydrogens is 190 g/mol. The molecule has 0 saturated heterocycles. The molecule has 1 rings (SSSR count). The summed E-state index contributed by atoms with van der Waals surface area (Å²) in [5.41, 5.74) is 1.80. The van der Waals surface area contributed by atoms with Gasteiger partial charge in [0.2, 0.25) is 6.41 Å². The van der Waals surface area contributed by atoms with Crippen LogP contribution in [0.2, 0.25) is 0 Å². The molecule has 4 nitrogen and oxygen atoms in total. The van der Waals surface area contributed by atoms with Crippen LogP contribution in [0.5, 0.6) is 0 Å². The number of aromatic nitrogens is 1. The number of nitrogens with zero attached hydrogens (tertiary/aromatic N) is 2. The van der Waals surface area contributed by atoms with E-state index in [-0.39, 0.29) is 0 Å². The minimum atomic E-state index is 0.669. The Morgan fingerprint density at radius 2 is 2.33 bits per heavy atom. The van der Waals surface area contributed by atoms with Crippen LogP contribution in [0.3, 0.4) is 0 Å². The quantitative estimate of drug-likeness (QED) is 0.558. The number of hydrogen-bond donors (Lipinski definition) is 1. The van der Waals surface area contributed by atoms with Gasteiger partial charge in [0, 0.05) is 18.8 Å². The van der Waals surface area contributed by atoms with Crippen LogP contribution in [0.4, 0.5) is 5.69 Å². The van der Waals surface area contributed by atoms with E-state index in [9.17, 15) is 4.79 Å². The molecule has 0 saturated carbocycles. The van der Waals surface area contributed by atoms with Crippen molar-refractivity contribution in [3.05, 3.63) is 24.0 Å². The average molecular weight is 207 g/mol. The van der Waals surface area contributed by atoms with Crippen LogP contribution < -0.4 is 10.2 Å². The highest BCUT2D eigenvalue weighted by atomic mass is 16.1. The van der Waals surface area contributed by atoms with Gasteiger partial charge in [-0.3, -0.25) is 9.78 Å². The number of hydrogen-bond acceptors (Lipinski definition) is 3. The molecule has 1 heterocycles. The van der Waals surface area contributed by atoms with Gasteiger partial charge in [-0.2, -0.15) is 0 Å². The zero-order chi connectivity index (χ0) is 11.1. The summed E-state index contributed by atoms with van der Waals surface area (Å²) in [6, 6.07) is 3.81. The highest BCUT2D eigenvalue weighted by Gasteiger charge is 2.03. The van der Waals surface area contributed by atoms with Gasteiger partial charge in [-0.05, 0) is 25.6 Å². The number of aryl methyl sites for hydroxylation is 1. The number of rotatable bonds is 6. The number of pyridine rings is 1. The molecule has 0 aromatic carbocycles. The molecule has 0 bridgehead atoms. The van der Waals surface area contributed by atoms with Crippen LogP contribution in [0.15, 0.2) is 18.3 Å². The van der Waals surface area contributed by atoms with E-state index in [1.54, 1.807) is 11.1 Å². The molecule has 15 heavy (non-hydrogen) atoms. The second kappa shape index (κ2) is 6.14. The Bertz CT molecular complexity index is 297. The van der Waals surface area contributed by atoms with Crippen LogP contribution in [-0.4, -0.2) is 31.0 Å². The van der Waals surface area contributed by atoms with Crippen molar-refractivity contribution in [1.29, 1.82) is 0 Å². The van der Waals surface area contributed by atoms with Crippen molar-refractivity contribution in [3.8, 4) is 0 Å². The molecule has 0 atom stereocenters. The molecule has 1 aromatic rings. The van der Waals surface area contributed by atoms with Crippen molar-refractivity contribution in [2.75, 3.05) is 24.5 Å². The van der Waals surface area contributed by atoms with E-state index in [0.717, 1.165) is 30.9 Å². The van der Waals surface area contributed by atoms with Crippen LogP contribution in [-0.2, 0) is 4.79 Å². The third-order valence-corrected chi connectivity index (χ3v) is 2.13. The third kappa shape index (κ3) is 3.67. The summed E-state index contributed by atoms with van der Waals surface area (Å²) in [6.45, 7) is 6.34. The molecule has 0 fully saturated rings. The number of carbonyl (C=O) groups excluding carboxylic acids is 1. The van der Waals surface area contributed by atoms with Crippen LogP contribution >= 0.6 is 0 Å². The second-order valence-corrected chi connectivity index (χ2v) is 3.31. The maximum Gasteiger partial charge on any atom is 0.214 e. The van der Waals surface area contributed by atoms with Crippen molar-refractivity contribution in [3.63, 3.8) is 0 Å². The monoisotopic (exact) mass is 207 g/mol. The maximum absolute atomic E-state index is 10.9. The minimum Gasteiger partial charge on any atom is -0.315 e. The standard InChI is InChI=1S/C11H17N3O/c1-3-12-6-7-14(9-15)11-5-4-10(2)13-8-11/h4-5,8-9,12H,3,6-7H2,1-2H3. The van der Waals surface area contributed by atoms with Gasteiger partial charge < -0.3 is 10.2 Å². The number of likely N-dealkylation sites (N-methyl/N-ethyl adjacent to an activating group) is 1. The lowest BCUT2D eigenvalue weighted by molar-refractivity contribution is -0.107. The molecule has 0 aliphatic carbocycles. The van der Waals surface area contributed by atoms with E-state index in [0.29, 0.717) is 6.54 Å². The summed E-state index contributed by atoms with van der Waals surface area (Å²) in [7, 11) is 0. The fraction of sp³-hybridized carbons (Fsp3) is 0.455. The Morgan fingerprint density at radius 1 is 1.53 bits per heavy atom. The molecule has 1 aromatic heterocycles. The highest BCUT2D eigenvalue weighted by molar-refractivity contribution is 5.74. The lowest BCUT2D eigenvalue weighted by atomic mass is 10.3. The lowest BCUT2D eigenvalue weighted by Gasteiger charge is -2.17. The van der Waals surface area contributed by atoms with Gasteiger partial charge in [0.05, 0.1) is 11.9 Å². The van der Waals surface area contributed by atoms with Gasteiger partial charge in [0.25, 0.3) is 0 Å². The fourth-order valence-corrected chi connectivity index (χ4v) is 1.25. The smallest absolute Gasteiger partial charge is 0.214 e. The summed E-state index contributed by atoms with van der Waals surface area (Å²) in [6.07, 6.45) is 2.55.